The summed E-state index contributed by atoms with van der Waals surface area (Å²) in [6.45, 7) is -0.534. The van der Waals surface area contributed by atoms with Crippen LogP contribution in [0.5, 0.6) is 0 Å². The van der Waals surface area contributed by atoms with Crippen LogP contribution in [0.25, 0.3) is 0 Å². The number of nitrogens with one attached hydrogen (secondary N) is 2. The van der Waals surface area contributed by atoms with Gasteiger partial charge in [-0.05, 0) is 0 Å². The lowest BCUT2D eigenvalue weighted by molar-refractivity contribution is -0.140. The van der Waals surface area contributed by atoms with Crippen LogP contribution in [-0.2, 0) is 9.59 Å². The molecule has 0 aliphatic rings. The minimum atomic E-state index is -1.34. The van der Waals surface area contributed by atoms with Crippen LogP contribution in [0.2, 0.25) is 0 Å². The summed E-state index contributed by atoms with van der Waals surface area (Å²) in [5.74, 6) is -1.54. The number of hydrogen-bond acceptors (Lipinski definition) is 4. The molecule has 1 atom stereocenters. The number of carbonyl (C=O) groups excluding carboxylic acids is 2. The molecule has 3 amide bonds. The number of hydrogen-bond donors (Lipinski definition) is 4. The number of amides is 3. The minimum Gasteiger partial charge on any atom is -0.480 e. The molecule has 0 aliphatic heterocycles. The van der Waals surface area contributed by atoms with Crippen LogP contribution in [0, 0.1) is 0 Å². The van der Waals surface area contributed by atoms with Crippen molar-refractivity contribution in [2.45, 2.75) is 12.5 Å². The summed E-state index contributed by atoms with van der Waals surface area (Å²) in [5, 5.41) is 21.8. The predicted molar refractivity (Wildman–Crippen MR) is 58.4 cm³/mol. The Labute approximate surface area is 98.6 Å². The first-order chi connectivity index (χ1) is 7.92. The summed E-state index contributed by atoms with van der Waals surface area (Å²) < 4.78 is 0. The molecule has 17 heavy (non-hydrogen) atoms. The van der Waals surface area contributed by atoms with Crippen molar-refractivity contribution in [2.75, 3.05) is 27.2 Å². The van der Waals surface area contributed by atoms with E-state index in [4.69, 9.17) is 10.2 Å². The van der Waals surface area contributed by atoms with Crippen molar-refractivity contribution < 1.29 is 24.6 Å². The molecule has 0 fully saturated rings. The van der Waals surface area contributed by atoms with Crippen molar-refractivity contribution in [3.05, 3.63) is 0 Å². The first-order valence-corrected chi connectivity index (χ1v) is 4.98. The third kappa shape index (κ3) is 5.71. The largest absolute Gasteiger partial charge is 0.480 e. The van der Waals surface area contributed by atoms with Crippen LogP contribution in [0.3, 0.4) is 0 Å². The number of rotatable bonds is 6. The van der Waals surface area contributed by atoms with Gasteiger partial charge in [-0.25, -0.2) is 9.59 Å². The average Bonchev–Trinajstić information content (AvgIpc) is 2.31. The van der Waals surface area contributed by atoms with Crippen LogP contribution in [-0.4, -0.2) is 66.3 Å². The van der Waals surface area contributed by atoms with Crippen molar-refractivity contribution in [3.63, 3.8) is 0 Å². The molecule has 0 saturated heterocycles. The molecular formula is C9H17N3O5. The molecule has 0 saturated carbocycles. The average molecular weight is 247 g/mol. The summed E-state index contributed by atoms with van der Waals surface area (Å²) in [6, 6.07) is -2.00. The SMILES string of the molecule is CNC(=O)CCN(C)C(=O)NC(CO)C(=O)O. The molecule has 0 bridgehead atoms. The van der Waals surface area contributed by atoms with Gasteiger partial charge >= 0.3 is 12.0 Å². The molecule has 0 rings (SSSR count). The number of aliphatic hydroxyl groups is 1. The van der Waals surface area contributed by atoms with E-state index in [0.29, 0.717) is 0 Å². The summed E-state index contributed by atoms with van der Waals surface area (Å²) in [5.41, 5.74) is 0. The van der Waals surface area contributed by atoms with E-state index in [0.717, 1.165) is 0 Å². The second-order valence-corrected chi connectivity index (χ2v) is 3.37. The Morgan fingerprint density at radius 3 is 2.35 bits per heavy atom. The van der Waals surface area contributed by atoms with E-state index < -0.39 is 24.6 Å². The number of carboxylic acid groups (broad SMARTS) is 1. The molecule has 0 spiro atoms. The van der Waals surface area contributed by atoms with Crippen LogP contribution in [0.4, 0.5) is 4.79 Å². The molecule has 0 aliphatic carbocycles. The molecule has 0 aromatic rings. The maximum atomic E-state index is 11.4. The molecule has 8 nitrogen and oxygen atoms in total. The topological polar surface area (TPSA) is 119 Å². The number of carboxylic acids is 1. The van der Waals surface area contributed by atoms with Gasteiger partial charge in [-0.1, -0.05) is 0 Å². The van der Waals surface area contributed by atoms with E-state index in [9.17, 15) is 14.4 Å². The van der Waals surface area contributed by atoms with E-state index in [2.05, 4.69) is 10.6 Å². The van der Waals surface area contributed by atoms with Crippen molar-refractivity contribution in [2.24, 2.45) is 0 Å². The highest BCUT2D eigenvalue weighted by Gasteiger charge is 2.20. The molecule has 8 heteroatoms. The Balaban J connectivity index is 4.12. The van der Waals surface area contributed by atoms with E-state index in [1.165, 1.54) is 19.0 Å². The minimum absolute atomic E-state index is 0.122. The predicted octanol–water partition coefficient (Wildman–Crippen LogP) is -1.79. The third-order valence-corrected chi connectivity index (χ3v) is 2.08. The van der Waals surface area contributed by atoms with Gasteiger partial charge in [0.25, 0.3) is 0 Å². The van der Waals surface area contributed by atoms with E-state index in [-0.39, 0.29) is 18.9 Å². The Kier molecular flexibility index (Phi) is 6.64. The zero-order valence-electron chi connectivity index (χ0n) is 9.77. The third-order valence-electron chi connectivity index (χ3n) is 2.08. The van der Waals surface area contributed by atoms with Gasteiger partial charge in [0.2, 0.25) is 5.91 Å². The molecule has 4 N–H and O–H groups in total. The number of urea groups is 1. The molecule has 0 radical (unpaired) electrons. The van der Waals surface area contributed by atoms with E-state index in [1.807, 2.05) is 0 Å². The van der Waals surface area contributed by atoms with Gasteiger partial charge < -0.3 is 25.7 Å². The highest BCUT2D eigenvalue weighted by Crippen LogP contribution is 1.91. The van der Waals surface area contributed by atoms with Crippen molar-refractivity contribution in [1.82, 2.24) is 15.5 Å². The lowest BCUT2D eigenvalue weighted by Gasteiger charge is -2.20. The first-order valence-electron chi connectivity index (χ1n) is 4.98. The lowest BCUT2D eigenvalue weighted by atomic mass is 10.3. The van der Waals surface area contributed by atoms with Gasteiger partial charge in [0, 0.05) is 27.1 Å². The molecule has 98 valence electrons. The van der Waals surface area contributed by atoms with Crippen molar-refractivity contribution >= 4 is 17.9 Å². The summed E-state index contributed by atoms with van der Waals surface area (Å²) >= 11 is 0. The van der Waals surface area contributed by atoms with Gasteiger partial charge in [-0.2, -0.15) is 0 Å². The van der Waals surface area contributed by atoms with Gasteiger partial charge in [-0.3, -0.25) is 4.79 Å². The molecule has 0 aromatic heterocycles. The Morgan fingerprint density at radius 1 is 1.35 bits per heavy atom. The highest BCUT2D eigenvalue weighted by atomic mass is 16.4. The fourth-order valence-electron chi connectivity index (χ4n) is 0.941. The molecule has 1 unspecified atom stereocenters. The molecular weight excluding hydrogens is 230 g/mol. The van der Waals surface area contributed by atoms with Crippen LogP contribution < -0.4 is 10.6 Å². The van der Waals surface area contributed by atoms with Gasteiger partial charge in [0.1, 0.15) is 0 Å². The summed E-state index contributed by atoms with van der Waals surface area (Å²) in [4.78, 5) is 34.1. The molecule has 0 aromatic carbocycles. The lowest BCUT2D eigenvalue weighted by Crippen LogP contribution is -2.48. The van der Waals surface area contributed by atoms with Crippen molar-refractivity contribution in [3.8, 4) is 0 Å². The highest BCUT2D eigenvalue weighted by molar-refractivity contribution is 5.83. The van der Waals surface area contributed by atoms with Crippen molar-refractivity contribution in [1.29, 1.82) is 0 Å². The zero-order chi connectivity index (χ0) is 13.4. The summed E-state index contributed by atoms with van der Waals surface area (Å²) in [6.07, 6.45) is 0.122. The quantitative estimate of drug-likeness (QED) is 0.442. The number of aliphatic carboxylic acids is 1. The Hall–Kier alpha value is -1.83. The zero-order valence-corrected chi connectivity index (χ0v) is 9.77. The Bertz CT molecular complexity index is 294. The number of aliphatic hydroxyl groups excluding tert-OH is 1. The van der Waals surface area contributed by atoms with Crippen LogP contribution in [0.1, 0.15) is 6.42 Å². The van der Waals surface area contributed by atoms with E-state index in [1.54, 1.807) is 0 Å². The number of nitrogens with zero attached hydrogens (tertiary/aromatic N) is 1. The standard InChI is InChI=1S/C9H17N3O5/c1-10-7(14)3-4-12(2)9(17)11-6(5-13)8(15)16/h6,13H,3-5H2,1-2H3,(H,10,14)(H,11,17)(H,15,16). The fourth-order valence-corrected chi connectivity index (χ4v) is 0.941. The smallest absolute Gasteiger partial charge is 0.328 e. The summed E-state index contributed by atoms with van der Waals surface area (Å²) in [7, 11) is 2.91. The van der Waals surface area contributed by atoms with Gasteiger partial charge in [0.15, 0.2) is 6.04 Å². The first kappa shape index (κ1) is 15.2. The maximum absolute atomic E-state index is 11.4. The van der Waals surface area contributed by atoms with Crippen LogP contribution >= 0.6 is 0 Å². The second kappa shape index (κ2) is 7.44. The van der Waals surface area contributed by atoms with Gasteiger partial charge in [0.05, 0.1) is 6.61 Å². The maximum Gasteiger partial charge on any atom is 0.328 e. The second-order valence-electron chi connectivity index (χ2n) is 3.37. The van der Waals surface area contributed by atoms with Gasteiger partial charge in [-0.15, -0.1) is 0 Å². The molecule has 0 heterocycles. The number of carbonyl (C=O) groups is 3. The Morgan fingerprint density at radius 2 is 1.94 bits per heavy atom. The normalized spacial score (nSPS) is 11.5. The fraction of sp³-hybridized carbons (Fsp3) is 0.667. The monoisotopic (exact) mass is 247 g/mol. The van der Waals surface area contributed by atoms with E-state index >= 15 is 0 Å². The van der Waals surface area contributed by atoms with Crippen LogP contribution in [0.15, 0.2) is 0 Å².